The minimum Gasteiger partial charge on any atom is -0.322 e. The zero-order valence-electron chi connectivity index (χ0n) is 13.5. The third-order valence-electron chi connectivity index (χ3n) is 3.45. The number of nitrogens with zero attached hydrogens (tertiary/aromatic N) is 3. The van der Waals surface area contributed by atoms with Gasteiger partial charge in [-0.05, 0) is 30.3 Å². The Kier molecular flexibility index (Phi) is 4.99. The van der Waals surface area contributed by atoms with Gasteiger partial charge < -0.3 is 10.6 Å². The van der Waals surface area contributed by atoms with E-state index < -0.39 is 23.4 Å². The highest BCUT2D eigenvalue weighted by Gasteiger charge is 2.14. The fraction of sp³-hybridized carbons (Fsp3) is 0. The van der Waals surface area contributed by atoms with Crippen LogP contribution in [0.25, 0.3) is 0 Å². The molecule has 134 valence electrons. The molecular formula is C18H10F3N5O. The molecule has 3 rings (SSSR count). The van der Waals surface area contributed by atoms with Crippen molar-refractivity contribution in [2.24, 2.45) is 0 Å². The number of aromatic nitrogens is 2. The van der Waals surface area contributed by atoms with Crippen LogP contribution in [0.1, 0.15) is 15.9 Å². The largest absolute Gasteiger partial charge is 0.322 e. The Bertz CT molecular complexity index is 1050. The first-order valence-corrected chi connectivity index (χ1v) is 7.52. The smallest absolute Gasteiger partial charge is 0.258 e. The molecule has 6 nitrogen and oxygen atoms in total. The van der Waals surface area contributed by atoms with Crippen molar-refractivity contribution in [3.05, 3.63) is 77.4 Å². The maximum Gasteiger partial charge on any atom is 0.258 e. The van der Waals surface area contributed by atoms with E-state index in [1.54, 1.807) is 18.2 Å². The van der Waals surface area contributed by atoms with Gasteiger partial charge in [-0.15, -0.1) is 0 Å². The molecule has 0 saturated heterocycles. The van der Waals surface area contributed by atoms with Crippen molar-refractivity contribution in [2.45, 2.75) is 0 Å². The number of amides is 1. The summed E-state index contributed by atoms with van der Waals surface area (Å²) in [6, 6.07) is 10.0. The topological polar surface area (TPSA) is 90.7 Å². The van der Waals surface area contributed by atoms with Crippen molar-refractivity contribution in [2.75, 3.05) is 10.6 Å². The Hall–Kier alpha value is -3.93. The van der Waals surface area contributed by atoms with Gasteiger partial charge in [0.2, 0.25) is 5.95 Å². The average molecular weight is 369 g/mol. The van der Waals surface area contributed by atoms with Gasteiger partial charge in [0.05, 0.1) is 22.9 Å². The lowest BCUT2D eigenvalue weighted by Crippen LogP contribution is -2.13. The monoisotopic (exact) mass is 369 g/mol. The molecule has 2 aromatic carbocycles. The van der Waals surface area contributed by atoms with E-state index >= 15 is 0 Å². The molecule has 0 atom stereocenters. The highest BCUT2D eigenvalue weighted by atomic mass is 19.2. The zero-order chi connectivity index (χ0) is 19.4. The van der Waals surface area contributed by atoms with Crippen LogP contribution in [-0.4, -0.2) is 15.9 Å². The first kappa shape index (κ1) is 17.9. The molecular weight excluding hydrogens is 359 g/mol. The second kappa shape index (κ2) is 7.53. The molecule has 0 unspecified atom stereocenters. The van der Waals surface area contributed by atoms with Gasteiger partial charge in [-0.2, -0.15) is 5.26 Å². The molecule has 27 heavy (non-hydrogen) atoms. The Morgan fingerprint density at radius 3 is 2.48 bits per heavy atom. The Morgan fingerprint density at radius 1 is 1.04 bits per heavy atom. The van der Waals surface area contributed by atoms with Gasteiger partial charge in [0.15, 0.2) is 17.5 Å². The van der Waals surface area contributed by atoms with Crippen molar-refractivity contribution < 1.29 is 18.0 Å². The summed E-state index contributed by atoms with van der Waals surface area (Å²) in [5, 5.41) is 13.8. The zero-order valence-corrected chi connectivity index (χ0v) is 13.5. The van der Waals surface area contributed by atoms with Crippen LogP contribution in [0.5, 0.6) is 0 Å². The number of carbonyl (C=O) groups is 1. The molecule has 0 aliphatic rings. The average Bonchev–Trinajstić information content (AvgIpc) is 2.69. The number of carbonyl (C=O) groups excluding carboxylic acids is 1. The number of hydrogen-bond donors (Lipinski definition) is 2. The van der Waals surface area contributed by atoms with Crippen LogP contribution in [0, 0.1) is 28.8 Å². The fourth-order valence-corrected chi connectivity index (χ4v) is 2.12. The SMILES string of the molecule is N#Cc1cccc(NC(=O)c2cnc(Nc3ccc(F)c(F)c3F)nc2)c1. The summed E-state index contributed by atoms with van der Waals surface area (Å²) in [5.74, 6) is -4.96. The maximum absolute atomic E-state index is 13.6. The number of nitrogens with one attached hydrogen (secondary N) is 2. The summed E-state index contributed by atoms with van der Waals surface area (Å²) in [4.78, 5) is 19.9. The first-order chi connectivity index (χ1) is 13.0. The number of hydrogen-bond acceptors (Lipinski definition) is 5. The molecule has 1 heterocycles. The van der Waals surface area contributed by atoms with Crippen LogP contribution >= 0.6 is 0 Å². The van der Waals surface area contributed by atoms with Crippen molar-refractivity contribution in [3.63, 3.8) is 0 Å². The van der Waals surface area contributed by atoms with Crippen molar-refractivity contribution in [1.82, 2.24) is 9.97 Å². The molecule has 0 saturated carbocycles. The van der Waals surface area contributed by atoms with E-state index in [1.165, 1.54) is 18.5 Å². The minimum atomic E-state index is -1.62. The van der Waals surface area contributed by atoms with Crippen molar-refractivity contribution >= 4 is 23.2 Å². The highest BCUT2D eigenvalue weighted by molar-refractivity contribution is 6.04. The molecule has 0 aliphatic carbocycles. The Labute approximate surface area is 151 Å². The normalized spacial score (nSPS) is 10.1. The first-order valence-electron chi connectivity index (χ1n) is 7.52. The second-order valence-corrected chi connectivity index (χ2v) is 5.29. The van der Waals surface area contributed by atoms with E-state index in [0.29, 0.717) is 11.3 Å². The Balaban J connectivity index is 1.72. The summed E-state index contributed by atoms with van der Waals surface area (Å²) in [5.41, 5.74) is 0.565. The van der Waals surface area contributed by atoms with Gasteiger partial charge in [-0.3, -0.25) is 4.79 Å². The van der Waals surface area contributed by atoms with Crippen LogP contribution in [0.15, 0.2) is 48.8 Å². The van der Waals surface area contributed by atoms with Crippen LogP contribution < -0.4 is 10.6 Å². The number of anilines is 3. The molecule has 1 aromatic heterocycles. The predicted molar refractivity (Wildman–Crippen MR) is 90.7 cm³/mol. The van der Waals surface area contributed by atoms with E-state index in [2.05, 4.69) is 20.6 Å². The van der Waals surface area contributed by atoms with Gasteiger partial charge >= 0.3 is 0 Å². The molecule has 0 fully saturated rings. The molecule has 0 spiro atoms. The van der Waals surface area contributed by atoms with E-state index in [4.69, 9.17) is 5.26 Å². The van der Waals surface area contributed by atoms with Crippen molar-refractivity contribution in [1.29, 1.82) is 5.26 Å². The number of benzene rings is 2. The number of halogens is 3. The summed E-state index contributed by atoms with van der Waals surface area (Å²) >= 11 is 0. The standard InChI is InChI=1S/C18H10F3N5O/c19-13-4-5-14(16(21)15(13)20)26-18-23-8-11(9-24-18)17(27)25-12-3-1-2-10(6-12)7-22/h1-6,8-9H,(H,25,27)(H,23,24,26). The minimum absolute atomic E-state index is 0.105. The quantitative estimate of drug-likeness (QED) is 0.684. The Morgan fingerprint density at radius 2 is 1.78 bits per heavy atom. The second-order valence-electron chi connectivity index (χ2n) is 5.29. The number of nitriles is 1. The number of rotatable bonds is 4. The van der Waals surface area contributed by atoms with E-state index in [1.807, 2.05) is 6.07 Å². The van der Waals surface area contributed by atoms with Crippen LogP contribution in [-0.2, 0) is 0 Å². The highest BCUT2D eigenvalue weighted by Crippen LogP contribution is 2.22. The molecule has 0 bridgehead atoms. The van der Waals surface area contributed by atoms with Crippen LogP contribution in [0.2, 0.25) is 0 Å². The van der Waals surface area contributed by atoms with E-state index in [-0.39, 0.29) is 17.2 Å². The molecule has 2 N–H and O–H groups in total. The van der Waals surface area contributed by atoms with E-state index in [0.717, 1.165) is 12.1 Å². The fourth-order valence-electron chi connectivity index (χ4n) is 2.12. The summed E-state index contributed by atoms with van der Waals surface area (Å²) in [6.07, 6.45) is 2.35. The predicted octanol–water partition coefficient (Wildman–Crippen LogP) is 3.76. The summed E-state index contributed by atoms with van der Waals surface area (Å²) in [7, 11) is 0. The molecule has 0 radical (unpaired) electrons. The maximum atomic E-state index is 13.6. The lowest BCUT2D eigenvalue weighted by atomic mass is 10.2. The molecule has 0 aliphatic heterocycles. The third kappa shape index (κ3) is 4.01. The van der Waals surface area contributed by atoms with Crippen LogP contribution in [0.3, 0.4) is 0 Å². The molecule has 1 amide bonds. The van der Waals surface area contributed by atoms with E-state index in [9.17, 15) is 18.0 Å². The van der Waals surface area contributed by atoms with Gasteiger partial charge in [-0.25, -0.2) is 23.1 Å². The summed E-state index contributed by atoms with van der Waals surface area (Å²) < 4.78 is 39.8. The third-order valence-corrected chi connectivity index (χ3v) is 3.45. The van der Waals surface area contributed by atoms with Crippen LogP contribution in [0.4, 0.5) is 30.5 Å². The van der Waals surface area contributed by atoms with Gasteiger partial charge in [0.1, 0.15) is 0 Å². The lowest BCUT2D eigenvalue weighted by molar-refractivity contribution is 0.102. The molecule has 3 aromatic rings. The molecule has 9 heteroatoms. The van der Waals surface area contributed by atoms with Gasteiger partial charge in [0, 0.05) is 18.1 Å². The van der Waals surface area contributed by atoms with Gasteiger partial charge in [-0.1, -0.05) is 6.07 Å². The summed E-state index contributed by atoms with van der Waals surface area (Å²) in [6.45, 7) is 0. The lowest BCUT2D eigenvalue weighted by Gasteiger charge is -2.08. The van der Waals surface area contributed by atoms with Crippen molar-refractivity contribution in [3.8, 4) is 6.07 Å². The van der Waals surface area contributed by atoms with Gasteiger partial charge in [0.25, 0.3) is 5.91 Å².